The fourth-order valence-corrected chi connectivity index (χ4v) is 4.25. The van der Waals surface area contributed by atoms with Crippen LogP contribution in [-0.4, -0.2) is 12.3 Å². The van der Waals surface area contributed by atoms with E-state index in [0.29, 0.717) is 12.8 Å². The lowest BCUT2D eigenvalue weighted by Crippen LogP contribution is -2.32. The van der Waals surface area contributed by atoms with Crippen LogP contribution in [0.5, 0.6) is 0 Å². The van der Waals surface area contributed by atoms with Gasteiger partial charge in [-0.2, -0.15) is 0 Å². The molecule has 0 heterocycles. The Kier molecular flexibility index (Phi) is 11.3. The lowest BCUT2D eigenvalue weighted by molar-refractivity contribution is 0.0603. The molecule has 150 valence electrons. The van der Waals surface area contributed by atoms with Crippen LogP contribution in [0.2, 0.25) is 0 Å². The van der Waals surface area contributed by atoms with Crippen molar-refractivity contribution in [2.75, 3.05) is 0 Å². The van der Waals surface area contributed by atoms with Gasteiger partial charge in [0.2, 0.25) is 0 Å². The Morgan fingerprint density at radius 1 is 0.480 bits per heavy atom. The second-order valence-corrected chi connectivity index (χ2v) is 9.58. The van der Waals surface area contributed by atoms with Gasteiger partial charge in [0, 0.05) is 5.92 Å². The van der Waals surface area contributed by atoms with Crippen LogP contribution < -0.4 is 0 Å². The lowest BCUT2D eigenvalue weighted by atomic mass is 9.81. The van der Waals surface area contributed by atoms with Crippen LogP contribution in [0.4, 0.5) is 8.78 Å². The third kappa shape index (κ3) is 9.94. The van der Waals surface area contributed by atoms with Gasteiger partial charge in [-0.1, -0.05) is 92.4 Å². The molecule has 3 saturated carbocycles. The summed E-state index contributed by atoms with van der Waals surface area (Å²) in [4.78, 5) is 0. The molecule has 3 aliphatic carbocycles. The summed E-state index contributed by atoms with van der Waals surface area (Å²) in [6.07, 6.45) is 12.6. The van der Waals surface area contributed by atoms with Gasteiger partial charge in [-0.25, -0.2) is 8.78 Å². The van der Waals surface area contributed by atoms with Crippen LogP contribution in [0.25, 0.3) is 0 Å². The molecule has 3 rings (SSSR count). The molecule has 2 unspecified atom stereocenters. The summed E-state index contributed by atoms with van der Waals surface area (Å²) in [6.45, 7) is 10.7. The Morgan fingerprint density at radius 2 is 0.840 bits per heavy atom. The van der Waals surface area contributed by atoms with Crippen molar-refractivity contribution in [1.82, 2.24) is 0 Å². The molecule has 0 nitrogen and oxygen atoms in total. The quantitative estimate of drug-likeness (QED) is 0.410. The molecule has 2 atom stereocenters. The molecule has 2 heteroatoms. The van der Waals surface area contributed by atoms with E-state index in [1.807, 2.05) is 6.92 Å². The third-order valence-electron chi connectivity index (χ3n) is 6.59. The lowest BCUT2D eigenvalue weighted by Gasteiger charge is -2.30. The van der Waals surface area contributed by atoms with E-state index in [1.165, 1.54) is 57.8 Å². The maximum atomic E-state index is 12.8. The standard InChI is InChI=1S/C8H14F2.C8H16.C7H14/c1-5-3-7(9)6(2)8(10)4-5;1-7-3-5-8(2)6-4-7;1-7-5-3-2-4-6-7/h5-8H,3-4H2,1-2H3;7-8H,3-6H2,1-2H3;7H,2-6H2,1H3. The number of rotatable bonds is 0. The van der Waals surface area contributed by atoms with Gasteiger partial charge in [0.05, 0.1) is 0 Å². The van der Waals surface area contributed by atoms with Gasteiger partial charge < -0.3 is 0 Å². The molecule has 0 N–H and O–H groups in total. The van der Waals surface area contributed by atoms with Crippen LogP contribution in [-0.2, 0) is 0 Å². The summed E-state index contributed by atoms with van der Waals surface area (Å²) < 4.78 is 25.7. The molecule has 0 aromatic carbocycles. The predicted molar refractivity (Wildman–Crippen MR) is 106 cm³/mol. The summed E-state index contributed by atoms with van der Waals surface area (Å²) >= 11 is 0. The zero-order chi connectivity index (χ0) is 18.8. The van der Waals surface area contributed by atoms with Gasteiger partial charge in [-0.15, -0.1) is 0 Å². The maximum Gasteiger partial charge on any atom is 0.106 e. The second kappa shape index (κ2) is 12.3. The first-order valence-corrected chi connectivity index (χ1v) is 11.1. The highest BCUT2D eigenvalue weighted by Gasteiger charge is 2.33. The zero-order valence-electron chi connectivity index (χ0n) is 17.6. The van der Waals surface area contributed by atoms with E-state index < -0.39 is 12.3 Å². The molecule has 0 aromatic rings. The van der Waals surface area contributed by atoms with E-state index in [4.69, 9.17) is 0 Å². The molecule has 0 spiro atoms. The summed E-state index contributed by atoms with van der Waals surface area (Å²) in [5.41, 5.74) is 0. The summed E-state index contributed by atoms with van der Waals surface area (Å²) in [6, 6.07) is 0. The molecule has 0 aromatic heterocycles. The fourth-order valence-electron chi connectivity index (χ4n) is 4.25. The highest BCUT2D eigenvalue weighted by atomic mass is 19.1. The minimum absolute atomic E-state index is 0.223. The molecule has 0 saturated heterocycles. The first-order valence-electron chi connectivity index (χ1n) is 11.1. The summed E-state index contributed by atoms with van der Waals surface area (Å²) in [5, 5.41) is 0. The molecule has 3 aliphatic rings. The minimum atomic E-state index is -0.918. The first-order chi connectivity index (χ1) is 11.8. The van der Waals surface area contributed by atoms with E-state index in [0.717, 1.165) is 17.8 Å². The zero-order valence-corrected chi connectivity index (χ0v) is 17.6. The van der Waals surface area contributed by atoms with E-state index in [-0.39, 0.29) is 11.8 Å². The van der Waals surface area contributed by atoms with Crippen LogP contribution >= 0.6 is 0 Å². The highest BCUT2D eigenvalue weighted by Crippen LogP contribution is 2.32. The van der Waals surface area contributed by atoms with E-state index in [9.17, 15) is 8.78 Å². The second-order valence-electron chi connectivity index (χ2n) is 9.58. The third-order valence-corrected chi connectivity index (χ3v) is 6.59. The normalized spacial score (nSPS) is 39.5. The van der Waals surface area contributed by atoms with E-state index in [1.54, 1.807) is 6.92 Å². The number of alkyl halides is 2. The van der Waals surface area contributed by atoms with Gasteiger partial charge >= 0.3 is 0 Å². The van der Waals surface area contributed by atoms with Crippen molar-refractivity contribution in [1.29, 1.82) is 0 Å². The number of halogens is 2. The molecule has 3 fully saturated rings. The molecular weight excluding hydrogens is 314 g/mol. The first kappa shape index (κ1) is 22.9. The number of hydrogen-bond acceptors (Lipinski definition) is 0. The maximum absolute atomic E-state index is 12.8. The molecule has 25 heavy (non-hydrogen) atoms. The summed E-state index contributed by atoms with van der Waals surface area (Å²) in [7, 11) is 0. The molecule has 0 aliphatic heterocycles. The van der Waals surface area contributed by atoms with Crippen LogP contribution in [0.3, 0.4) is 0 Å². The molecule has 0 radical (unpaired) electrons. The Bertz CT molecular complexity index is 294. The topological polar surface area (TPSA) is 0 Å². The molecule has 0 bridgehead atoms. The summed E-state index contributed by atoms with van der Waals surface area (Å²) in [5.74, 6) is 2.92. The SMILES string of the molecule is CC1CC(F)C(C)C(F)C1.CC1CCC(C)CC1.CC1CCCCC1. The van der Waals surface area contributed by atoms with Crippen LogP contribution in [0, 0.1) is 29.6 Å². The largest absolute Gasteiger partial charge is 0.247 e. The molecule has 0 amide bonds. The van der Waals surface area contributed by atoms with Gasteiger partial charge in [0.25, 0.3) is 0 Å². The number of hydrogen-bond donors (Lipinski definition) is 0. The van der Waals surface area contributed by atoms with Crippen molar-refractivity contribution >= 4 is 0 Å². The van der Waals surface area contributed by atoms with Gasteiger partial charge in [-0.3, -0.25) is 0 Å². The van der Waals surface area contributed by atoms with E-state index >= 15 is 0 Å². The highest BCUT2D eigenvalue weighted by molar-refractivity contribution is 4.82. The van der Waals surface area contributed by atoms with Gasteiger partial charge in [0.15, 0.2) is 0 Å². The van der Waals surface area contributed by atoms with Crippen LogP contribution in [0.15, 0.2) is 0 Å². The van der Waals surface area contributed by atoms with Crippen LogP contribution in [0.1, 0.15) is 105 Å². The minimum Gasteiger partial charge on any atom is -0.247 e. The average Bonchev–Trinajstić information content (AvgIpc) is 2.57. The Hall–Kier alpha value is -0.140. The smallest absolute Gasteiger partial charge is 0.106 e. The Balaban J connectivity index is 0.000000191. The van der Waals surface area contributed by atoms with Crippen molar-refractivity contribution in [3.05, 3.63) is 0 Å². The van der Waals surface area contributed by atoms with Crippen molar-refractivity contribution in [3.63, 3.8) is 0 Å². The Morgan fingerprint density at radius 3 is 1.16 bits per heavy atom. The van der Waals surface area contributed by atoms with Gasteiger partial charge in [-0.05, 0) is 36.5 Å². The van der Waals surface area contributed by atoms with Crippen molar-refractivity contribution < 1.29 is 8.78 Å². The van der Waals surface area contributed by atoms with Crippen molar-refractivity contribution in [3.8, 4) is 0 Å². The fraction of sp³-hybridized carbons (Fsp3) is 1.00. The Labute approximate surface area is 156 Å². The predicted octanol–water partition coefficient (Wildman–Crippen LogP) is 8.15. The monoisotopic (exact) mass is 358 g/mol. The van der Waals surface area contributed by atoms with Crippen molar-refractivity contribution in [2.24, 2.45) is 29.6 Å². The van der Waals surface area contributed by atoms with Crippen molar-refractivity contribution in [2.45, 2.75) is 118 Å². The molecular formula is C23H44F2. The van der Waals surface area contributed by atoms with Gasteiger partial charge in [0.1, 0.15) is 12.3 Å². The average molecular weight is 359 g/mol. The van der Waals surface area contributed by atoms with E-state index in [2.05, 4.69) is 20.8 Å².